The Morgan fingerprint density at radius 1 is 0.420 bits per heavy atom. The number of phosphoric acid groups is 1. The van der Waals surface area contributed by atoms with Crippen LogP contribution in [0.1, 0.15) is 380 Å². The fraction of sp³-hybridized carbons (Fsp3) is 0.931. The number of nitrogens with one attached hydrogen (secondary N) is 1. The van der Waals surface area contributed by atoms with Crippen LogP contribution < -0.4 is 5.32 Å². The van der Waals surface area contributed by atoms with E-state index in [1.165, 1.54) is 308 Å². The number of carbonyl (C=O) groups is 1. The van der Waals surface area contributed by atoms with Gasteiger partial charge in [0.2, 0.25) is 5.91 Å². The van der Waals surface area contributed by atoms with Crippen molar-refractivity contribution in [1.29, 1.82) is 0 Å². The van der Waals surface area contributed by atoms with Gasteiger partial charge in [0, 0.05) is 6.42 Å². The number of hydrogen-bond donors (Lipinski definition) is 3. The number of carbonyl (C=O) groups excluding carboxylic acids is 1. The largest absolute Gasteiger partial charge is 0.472 e. The predicted octanol–water partition coefficient (Wildman–Crippen LogP) is 23.1. The number of hydrogen-bond acceptors (Lipinski definition) is 5. The second-order valence-electron chi connectivity index (χ2n) is 26.3. The SMILES string of the molecule is CCCCCCC/C=C\C/C=C\CCCCCCCCCCCCCCCCCCCCCCCCCCCCCC(=O)NC(COP(=O)(O)OCC[N+](C)(C)C)C(O)CCCCCCCCCCCCCCCCCCCCCC. The first-order valence-electron chi connectivity index (χ1n) is 36.2. The Hall–Kier alpha value is -1.02. The molecule has 0 saturated heterocycles. The standard InChI is InChI=1S/C72H143N2O6P/c1-6-8-10-12-14-16-18-20-22-24-26-28-29-30-31-32-33-34-35-36-37-38-39-40-41-42-43-44-45-46-48-50-52-54-56-58-60-62-64-66-72(76)73-70(69-80-81(77,78)79-68-67-74(3,4)5)71(75)65-63-61-59-57-55-53-51-49-47-27-25-23-21-19-17-15-13-11-9-7-2/h18,20,24,26,70-71,75H,6-17,19,21-23,25,27-69H2,1-5H3,(H-,73,76,77,78)/p+1/b20-18-,26-24-. The van der Waals surface area contributed by atoms with Gasteiger partial charge in [-0.05, 0) is 44.9 Å². The smallest absolute Gasteiger partial charge is 0.391 e. The number of amides is 1. The van der Waals surface area contributed by atoms with Crippen LogP contribution >= 0.6 is 7.82 Å². The second kappa shape index (κ2) is 63.5. The Balaban J connectivity index is 3.88. The number of unbranched alkanes of at least 4 members (excludes halogenated alkanes) is 51. The highest BCUT2D eigenvalue weighted by Crippen LogP contribution is 2.43. The molecule has 3 N–H and O–H groups in total. The van der Waals surface area contributed by atoms with E-state index in [2.05, 4.69) is 43.5 Å². The maximum atomic E-state index is 13.1. The Labute approximate surface area is 506 Å². The van der Waals surface area contributed by atoms with Crippen LogP contribution in [0.25, 0.3) is 0 Å². The zero-order chi connectivity index (χ0) is 59.1. The lowest BCUT2D eigenvalue weighted by molar-refractivity contribution is -0.870. The van der Waals surface area contributed by atoms with Gasteiger partial charge in [-0.1, -0.05) is 353 Å². The van der Waals surface area contributed by atoms with Crippen molar-refractivity contribution < 1.29 is 32.9 Å². The number of likely N-dealkylation sites (N-methyl/N-ethyl adjacent to an activating group) is 1. The van der Waals surface area contributed by atoms with E-state index in [-0.39, 0.29) is 19.1 Å². The number of nitrogens with zero attached hydrogens (tertiary/aromatic N) is 1. The molecule has 0 heterocycles. The molecule has 0 fully saturated rings. The van der Waals surface area contributed by atoms with E-state index in [0.717, 1.165) is 44.9 Å². The summed E-state index contributed by atoms with van der Waals surface area (Å²) >= 11 is 0. The van der Waals surface area contributed by atoms with Gasteiger partial charge in [0.05, 0.1) is 39.9 Å². The molecule has 0 rings (SSSR count). The van der Waals surface area contributed by atoms with Crippen molar-refractivity contribution in [2.24, 2.45) is 0 Å². The molecule has 9 heteroatoms. The second-order valence-corrected chi connectivity index (χ2v) is 27.8. The molecule has 0 spiro atoms. The number of allylic oxidation sites excluding steroid dienone is 4. The topological polar surface area (TPSA) is 105 Å². The van der Waals surface area contributed by atoms with E-state index in [9.17, 15) is 19.4 Å². The lowest BCUT2D eigenvalue weighted by atomic mass is 10.0. The van der Waals surface area contributed by atoms with Crippen LogP contribution in [-0.4, -0.2) is 73.4 Å². The van der Waals surface area contributed by atoms with E-state index >= 15 is 0 Å². The van der Waals surface area contributed by atoms with Gasteiger partial charge in [-0.3, -0.25) is 13.8 Å². The number of quaternary nitrogens is 1. The highest BCUT2D eigenvalue weighted by Gasteiger charge is 2.28. The van der Waals surface area contributed by atoms with Crippen LogP contribution in [0.2, 0.25) is 0 Å². The van der Waals surface area contributed by atoms with Crippen molar-refractivity contribution in [3.63, 3.8) is 0 Å². The van der Waals surface area contributed by atoms with Crippen LogP contribution in [0.5, 0.6) is 0 Å². The summed E-state index contributed by atoms with van der Waals surface area (Å²) in [5.74, 6) is -0.135. The molecule has 0 saturated carbocycles. The summed E-state index contributed by atoms with van der Waals surface area (Å²) in [7, 11) is 1.64. The lowest BCUT2D eigenvalue weighted by Gasteiger charge is -2.26. The molecular weight excluding hydrogens is 1020 g/mol. The highest BCUT2D eigenvalue weighted by atomic mass is 31.2. The van der Waals surface area contributed by atoms with Gasteiger partial charge in [0.15, 0.2) is 0 Å². The van der Waals surface area contributed by atoms with Crippen LogP contribution in [-0.2, 0) is 18.4 Å². The van der Waals surface area contributed by atoms with Gasteiger partial charge < -0.3 is 19.8 Å². The van der Waals surface area contributed by atoms with Gasteiger partial charge in [-0.15, -0.1) is 0 Å². The van der Waals surface area contributed by atoms with Crippen molar-refractivity contribution in [3.8, 4) is 0 Å². The Bertz CT molecular complexity index is 1370. The number of aliphatic hydroxyl groups excluding tert-OH is 1. The maximum Gasteiger partial charge on any atom is 0.472 e. The average Bonchev–Trinajstić information content (AvgIpc) is 3.43. The Kier molecular flexibility index (Phi) is 62.7. The van der Waals surface area contributed by atoms with Gasteiger partial charge in [-0.2, -0.15) is 0 Å². The van der Waals surface area contributed by atoms with Crippen molar-refractivity contribution in [1.82, 2.24) is 5.32 Å². The third kappa shape index (κ3) is 66.4. The van der Waals surface area contributed by atoms with Crippen molar-refractivity contribution >= 4 is 13.7 Å². The molecule has 0 aliphatic heterocycles. The average molecular weight is 1160 g/mol. The van der Waals surface area contributed by atoms with Gasteiger partial charge in [-0.25, -0.2) is 4.57 Å². The summed E-state index contributed by atoms with van der Waals surface area (Å²) in [5, 5.41) is 14.1. The third-order valence-corrected chi connectivity index (χ3v) is 17.9. The zero-order valence-electron chi connectivity index (χ0n) is 55.3. The normalized spacial score (nSPS) is 13.7. The molecule has 3 atom stereocenters. The molecule has 81 heavy (non-hydrogen) atoms. The minimum absolute atomic E-state index is 0.0782. The Morgan fingerprint density at radius 3 is 1.01 bits per heavy atom. The molecule has 3 unspecified atom stereocenters. The molecule has 1 amide bonds. The summed E-state index contributed by atoms with van der Waals surface area (Å²) in [6.45, 7) is 4.94. The summed E-state index contributed by atoms with van der Waals surface area (Å²) in [6.07, 6.45) is 83.0. The molecule has 0 aromatic rings. The van der Waals surface area contributed by atoms with Crippen LogP contribution in [0.4, 0.5) is 0 Å². The number of aliphatic hydroxyl groups is 1. The minimum atomic E-state index is -4.33. The van der Waals surface area contributed by atoms with Gasteiger partial charge in [0.25, 0.3) is 0 Å². The number of phosphoric ester groups is 1. The molecule has 0 bridgehead atoms. The van der Waals surface area contributed by atoms with Gasteiger partial charge >= 0.3 is 7.82 Å². The lowest BCUT2D eigenvalue weighted by Crippen LogP contribution is -2.46. The molecule has 482 valence electrons. The molecule has 0 aliphatic rings. The third-order valence-electron chi connectivity index (χ3n) is 17.0. The first kappa shape index (κ1) is 80.0. The molecular formula is C72H144N2O6P+. The van der Waals surface area contributed by atoms with E-state index < -0.39 is 20.0 Å². The first-order chi connectivity index (χ1) is 39.5. The van der Waals surface area contributed by atoms with Crippen molar-refractivity contribution in [3.05, 3.63) is 24.3 Å². The zero-order valence-corrected chi connectivity index (χ0v) is 56.2. The van der Waals surface area contributed by atoms with E-state index in [4.69, 9.17) is 9.05 Å². The fourth-order valence-corrected chi connectivity index (χ4v) is 12.1. The summed E-state index contributed by atoms with van der Waals surface area (Å²) in [5.41, 5.74) is 0. The van der Waals surface area contributed by atoms with E-state index in [0.29, 0.717) is 23.9 Å². The number of rotatable bonds is 68. The van der Waals surface area contributed by atoms with E-state index in [1.807, 2.05) is 21.1 Å². The summed E-state index contributed by atoms with van der Waals surface area (Å²) < 4.78 is 23.9. The van der Waals surface area contributed by atoms with Gasteiger partial charge in [0.1, 0.15) is 13.2 Å². The highest BCUT2D eigenvalue weighted by molar-refractivity contribution is 7.47. The minimum Gasteiger partial charge on any atom is -0.391 e. The molecule has 0 aliphatic carbocycles. The molecule has 0 aromatic heterocycles. The Morgan fingerprint density at radius 2 is 0.704 bits per heavy atom. The van der Waals surface area contributed by atoms with Crippen molar-refractivity contribution in [2.45, 2.75) is 392 Å². The quantitative estimate of drug-likeness (QED) is 0.0243. The van der Waals surface area contributed by atoms with Crippen LogP contribution in [0.3, 0.4) is 0 Å². The molecule has 0 aromatic carbocycles. The van der Waals surface area contributed by atoms with Crippen molar-refractivity contribution in [2.75, 3.05) is 40.9 Å². The monoisotopic (exact) mass is 1160 g/mol. The van der Waals surface area contributed by atoms with Crippen LogP contribution in [0.15, 0.2) is 24.3 Å². The summed E-state index contributed by atoms with van der Waals surface area (Å²) in [4.78, 5) is 23.4. The fourth-order valence-electron chi connectivity index (χ4n) is 11.3. The summed E-state index contributed by atoms with van der Waals surface area (Å²) in [6, 6.07) is -0.758. The molecule has 8 nitrogen and oxygen atoms in total. The predicted molar refractivity (Wildman–Crippen MR) is 355 cm³/mol. The first-order valence-corrected chi connectivity index (χ1v) is 37.7. The maximum absolute atomic E-state index is 13.1. The van der Waals surface area contributed by atoms with E-state index in [1.54, 1.807) is 0 Å². The molecule has 0 radical (unpaired) electrons. The van der Waals surface area contributed by atoms with Crippen LogP contribution in [0, 0.1) is 0 Å².